The maximum Gasteiger partial charge on any atom is 0.144 e. The van der Waals surface area contributed by atoms with E-state index in [1.54, 1.807) is 0 Å². The van der Waals surface area contributed by atoms with E-state index in [-0.39, 0.29) is 29.3 Å². The lowest BCUT2D eigenvalue weighted by Crippen LogP contribution is -2.47. The van der Waals surface area contributed by atoms with Crippen molar-refractivity contribution >= 4 is 11.6 Å². The Morgan fingerprint density at radius 1 is 1.24 bits per heavy atom. The summed E-state index contributed by atoms with van der Waals surface area (Å²) in [5.74, 6) is 0.304. The molecule has 0 heterocycles. The van der Waals surface area contributed by atoms with Gasteiger partial charge in [0.1, 0.15) is 11.6 Å². The molecule has 1 aromatic rings. The third-order valence-corrected chi connectivity index (χ3v) is 4.43. The summed E-state index contributed by atoms with van der Waals surface area (Å²) in [6.07, 6.45) is 2.55. The highest BCUT2D eigenvalue weighted by Gasteiger charge is 2.48. The minimum Gasteiger partial charge on any atom is -0.299 e. The maximum absolute atomic E-state index is 12.0. The first kappa shape index (κ1) is 10.7. The lowest BCUT2D eigenvalue weighted by Gasteiger charge is -2.44. The van der Waals surface area contributed by atoms with E-state index in [2.05, 4.69) is 19.1 Å². The molecule has 1 fully saturated rings. The Hall–Kier alpha value is -1.44. The van der Waals surface area contributed by atoms with E-state index < -0.39 is 0 Å². The molecule has 2 aliphatic rings. The molecule has 3 rings (SSSR count). The molecule has 0 radical (unpaired) electrons. The topological polar surface area (TPSA) is 34.1 Å². The van der Waals surface area contributed by atoms with Gasteiger partial charge in [-0.2, -0.15) is 0 Å². The number of Topliss-reactive ketones (excluding diaryl/α,β-unsaturated/α-hetero) is 2. The summed E-state index contributed by atoms with van der Waals surface area (Å²) < 4.78 is 0. The average molecular weight is 228 g/mol. The molecular formula is C15H16O2. The van der Waals surface area contributed by atoms with E-state index in [1.165, 1.54) is 11.1 Å². The van der Waals surface area contributed by atoms with Crippen molar-refractivity contribution < 1.29 is 9.59 Å². The first-order chi connectivity index (χ1) is 8.11. The number of benzene rings is 1. The Kier molecular flexibility index (Phi) is 2.22. The number of aryl methyl sites for hydroxylation is 1. The van der Waals surface area contributed by atoms with Gasteiger partial charge in [-0.1, -0.05) is 31.2 Å². The van der Waals surface area contributed by atoms with E-state index >= 15 is 0 Å². The van der Waals surface area contributed by atoms with Crippen LogP contribution in [0.4, 0.5) is 0 Å². The van der Waals surface area contributed by atoms with Crippen LogP contribution in [0, 0.1) is 5.92 Å². The molecule has 2 aliphatic carbocycles. The molecule has 1 aromatic carbocycles. The Morgan fingerprint density at radius 2 is 2.00 bits per heavy atom. The summed E-state index contributed by atoms with van der Waals surface area (Å²) in [5.41, 5.74) is 2.28. The molecule has 17 heavy (non-hydrogen) atoms. The van der Waals surface area contributed by atoms with E-state index in [0.29, 0.717) is 6.42 Å². The molecule has 2 nitrogen and oxygen atoms in total. The molecule has 2 atom stereocenters. The van der Waals surface area contributed by atoms with Crippen LogP contribution in [0.15, 0.2) is 24.3 Å². The molecule has 0 aliphatic heterocycles. The second-order valence-corrected chi connectivity index (χ2v) is 5.52. The lowest BCUT2D eigenvalue weighted by molar-refractivity contribution is -0.136. The fourth-order valence-corrected chi connectivity index (χ4v) is 3.63. The highest BCUT2D eigenvalue weighted by molar-refractivity contribution is 6.04. The van der Waals surface area contributed by atoms with Crippen LogP contribution in [0.5, 0.6) is 0 Å². The van der Waals surface area contributed by atoms with Crippen molar-refractivity contribution in [3.05, 3.63) is 35.4 Å². The van der Waals surface area contributed by atoms with E-state index in [9.17, 15) is 9.59 Å². The van der Waals surface area contributed by atoms with Crippen LogP contribution in [-0.2, 0) is 21.4 Å². The zero-order valence-corrected chi connectivity index (χ0v) is 10.0. The van der Waals surface area contributed by atoms with E-state index in [0.717, 1.165) is 12.8 Å². The summed E-state index contributed by atoms with van der Waals surface area (Å²) in [6, 6.07) is 8.26. The smallest absolute Gasteiger partial charge is 0.144 e. The summed E-state index contributed by atoms with van der Waals surface area (Å²) in [4.78, 5) is 23.8. The van der Waals surface area contributed by atoms with Crippen molar-refractivity contribution in [3.8, 4) is 0 Å². The normalized spacial score (nSPS) is 31.9. The molecule has 0 N–H and O–H groups in total. The van der Waals surface area contributed by atoms with Gasteiger partial charge in [-0.05, 0) is 24.0 Å². The van der Waals surface area contributed by atoms with E-state index in [4.69, 9.17) is 0 Å². The largest absolute Gasteiger partial charge is 0.299 e. The molecule has 0 unspecified atom stereocenters. The number of carbonyl (C=O) groups is 2. The van der Waals surface area contributed by atoms with Gasteiger partial charge in [-0.3, -0.25) is 9.59 Å². The van der Waals surface area contributed by atoms with Crippen LogP contribution in [-0.4, -0.2) is 11.6 Å². The van der Waals surface area contributed by atoms with Crippen molar-refractivity contribution in [2.75, 3.05) is 0 Å². The molecule has 0 spiro atoms. The summed E-state index contributed by atoms with van der Waals surface area (Å²) in [7, 11) is 0. The Labute approximate surface area is 101 Å². The molecule has 0 saturated heterocycles. The van der Waals surface area contributed by atoms with Crippen LogP contribution in [0.25, 0.3) is 0 Å². The Morgan fingerprint density at radius 3 is 2.82 bits per heavy atom. The average Bonchev–Trinajstić information content (AvgIpc) is 2.28. The second kappa shape index (κ2) is 3.52. The minimum absolute atomic E-state index is 0.0510. The van der Waals surface area contributed by atoms with Crippen LogP contribution in [0.2, 0.25) is 0 Å². The van der Waals surface area contributed by atoms with Crippen LogP contribution >= 0.6 is 0 Å². The first-order valence-electron chi connectivity index (χ1n) is 6.24. The molecule has 0 aromatic heterocycles. The number of hydrogen-bond donors (Lipinski definition) is 0. The molecular weight excluding hydrogens is 212 g/mol. The number of fused-ring (bicyclic) bond motifs is 3. The van der Waals surface area contributed by atoms with Gasteiger partial charge in [-0.15, -0.1) is 0 Å². The van der Waals surface area contributed by atoms with Gasteiger partial charge in [0, 0.05) is 17.8 Å². The van der Waals surface area contributed by atoms with Crippen LogP contribution in [0.1, 0.15) is 37.3 Å². The number of ketones is 2. The number of carbonyl (C=O) groups excluding carboxylic acids is 2. The van der Waals surface area contributed by atoms with Crippen molar-refractivity contribution in [2.24, 2.45) is 5.92 Å². The highest BCUT2D eigenvalue weighted by atomic mass is 16.1. The van der Waals surface area contributed by atoms with E-state index in [1.807, 2.05) is 12.1 Å². The zero-order valence-electron chi connectivity index (χ0n) is 10.0. The molecule has 88 valence electrons. The van der Waals surface area contributed by atoms with Gasteiger partial charge < -0.3 is 0 Å². The van der Waals surface area contributed by atoms with Gasteiger partial charge in [0.25, 0.3) is 0 Å². The van der Waals surface area contributed by atoms with Gasteiger partial charge in [0.2, 0.25) is 0 Å². The SMILES string of the molecule is C[C@@]12CC(=O)CC(=O)[C@H]1CCc1ccccc12. The maximum atomic E-state index is 12.0. The Balaban J connectivity index is 2.15. The quantitative estimate of drug-likeness (QED) is 0.639. The zero-order chi connectivity index (χ0) is 12.0. The predicted molar refractivity (Wildman–Crippen MR) is 64.9 cm³/mol. The predicted octanol–water partition coefficient (Wildman–Crippen LogP) is 2.44. The fraction of sp³-hybridized carbons (Fsp3) is 0.467. The van der Waals surface area contributed by atoms with Gasteiger partial charge in [-0.25, -0.2) is 0 Å². The third kappa shape index (κ3) is 1.47. The van der Waals surface area contributed by atoms with Crippen molar-refractivity contribution in [1.82, 2.24) is 0 Å². The van der Waals surface area contributed by atoms with Crippen molar-refractivity contribution in [3.63, 3.8) is 0 Å². The molecule has 0 bridgehead atoms. The summed E-state index contributed by atoms with van der Waals surface area (Å²) >= 11 is 0. The minimum atomic E-state index is -0.249. The van der Waals surface area contributed by atoms with Gasteiger partial charge in [0.05, 0.1) is 6.42 Å². The summed E-state index contributed by atoms with van der Waals surface area (Å²) in [6.45, 7) is 2.09. The second-order valence-electron chi connectivity index (χ2n) is 5.52. The molecule has 1 saturated carbocycles. The molecule has 2 heteroatoms. The Bertz CT molecular complexity index is 503. The monoisotopic (exact) mass is 228 g/mol. The van der Waals surface area contributed by atoms with Gasteiger partial charge >= 0.3 is 0 Å². The van der Waals surface area contributed by atoms with Crippen molar-refractivity contribution in [1.29, 1.82) is 0 Å². The number of rotatable bonds is 0. The van der Waals surface area contributed by atoms with Crippen LogP contribution in [0.3, 0.4) is 0 Å². The fourth-order valence-electron chi connectivity index (χ4n) is 3.63. The summed E-state index contributed by atoms with van der Waals surface area (Å²) in [5, 5.41) is 0. The number of hydrogen-bond acceptors (Lipinski definition) is 2. The highest BCUT2D eigenvalue weighted by Crippen LogP contribution is 2.47. The van der Waals surface area contributed by atoms with Gasteiger partial charge in [0.15, 0.2) is 0 Å². The third-order valence-electron chi connectivity index (χ3n) is 4.43. The lowest BCUT2D eigenvalue weighted by atomic mass is 9.57. The van der Waals surface area contributed by atoms with Crippen molar-refractivity contribution in [2.45, 2.75) is 38.0 Å². The molecule has 0 amide bonds. The first-order valence-corrected chi connectivity index (χ1v) is 6.24. The standard InChI is InChI=1S/C15H16O2/c1-15-9-11(16)8-14(17)13(15)7-6-10-4-2-3-5-12(10)15/h2-5,13H,6-9H2,1H3/t13-,15+/m1/s1. The van der Waals surface area contributed by atoms with Crippen LogP contribution < -0.4 is 0 Å².